The zero-order valence-electron chi connectivity index (χ0n) is 5.37. The molecule has 1 heterocycles. The molecule has 0 spiro atoms. The maximum absolute atomic E-state index is 8.90. The molecule has 0 saturated heterocycles. The van der Waals surface area contributed by atoms with Crippen LogP contribution in [0.15, 0.2) is 6.20 Å². The van der Waals surface area contributed by atoms with Crippen molar-refractivity contribution in [3.63, 3.8) is 0 Å². The summed E-state index contributed by atoms with van der Waals surface area (Å²) in [7, 11) is 0. The Bertz CT molecular complexity index is 290. The van der Waals surface area contributed by atoms with E-state index in [0.717, 1.165) is 0 Å². The van der Waals surface area contributed by atoms with Gasteiger partial charge in [-0.25, -0.2) is 9.97 Å². The van der Waals surface area contributed by atoms with Crippen molar-refractivity contribution in [2.75, 3.05) is 0 Å². The summed E-state index contributed by atoms with van der Waals surface area (Å²) in [6.07, 6.45) is 1.43. The first-order chi connectivity index (χ1) is 4.74. The number of aromatic nitrogens is 2. The minimum absolute atomic E-state index is 0.0365. The van der Waals surface area contributed by atoms with Crippen LogP contribution in [0, 0.1) is 18.3 Å². The fourth-order valence-electron chi connectivity index (χ4n) is 0.543. The quantitative estimate of drug-likeness (QED) is 0.557. The van der Waals surface area contributed by atoms with Crippen molar-refractivity contribution < 1.29 is 5.11 Å². The van der Waals surface area contributed by atoms with Crippen molar-refractivity contribution in [1.29, 1.82) is 5.26 Å². The van der Waals surface area contributed by atoms with Gasteiger partial charge in [-0.3, -0.25) is 0 Å². The van der Waals surface area contributed by atoms with Crippen LogP contribution >= 0.6 is 0 Å². The number of hydrogen-bond acceptors (Lipinski definition) is 4. The molecule has 10 heavy (non-hydrogen) atoms. The Hall–Kier alpha value is -1.63. The van der Waals surface area contributed by atoms with E-state index in [-0.39, 0.29) is 11.6 Å². The molecule has 0 bridgehead atoms. The van der Waals surface area contributed by atoms with Gasteiger partial charge in [0, 0.05) is 6.20 Å². The number of aromatic hydroxyl groups is 1. The molecule has 0 aliphatic rings. The predicted octanol–water partition coefficient (Wildman–Crippen LogP) is 0.362. The second-order valence-electron chi connectivity index (χ2n) is 1.80. The molecule has 0 aromatic carbocycles. The molecule has 4 nitrogen and oxygen atoms in total. The molecule has 0 fully saturated rings. The summed E-state index contributed by atoms with van der Waals surface area (Å²) in [6.45, 7) is 1.69. The molecular formula is C6H5N3O. The van der Waals surface area contributed by atoms with Crippen molar-refractivity contribution in [3.05, 3.63) is 17.6 Å². The van der Waals surface area contributed by atoms with Crippen LogP contribution in [0.4, 0.5) is 0 Å². The van der Waals surface area contributed by atoms with Gasteiger partial charge in [-0.1, -0.05) is 0 Å². The Balaban J connectivity index is 3.23. The van der Waals surface area contributed by atoms with Gasteiger partial charge in [-0.05, 0) is 6.92 Å². The molecule has 1 aromatic rings. The standard InChI is InChI=1S/C6H5N3O/c1-4-3-8-5(2-7)6(10)9-4/h3H,1H3,(H,9,10). The van der Waals surface area contributed by atoms with Crippen molar-refractivity contribution in [2.24, 2.45) is 0 Å². The van der Waals surface area contributed by atoms with Crippen LogP contribution in [0.5, 0.6) is 5.88 Å². The van der Waals surface area contributed by atoms with Crippen LogP contribution in [-0.4, -0.2) is 15.1 Å². The molecule has 1 N–H and O–H groups in total. The normalized spacial score (nSPS) is 8.80. The molecule has 50 valence electrons. The highest BCUT2D eigenvalue weighted by Gasteiger charge is 2.00. The van der Waals surface area contributed by atoms with E-state index in [1.165, 1.54) is 6.20 Å². The Morgan fingerprint density at radius 2 is 2.40 bits per heavy atom. The molecule has 0 aliphatic carbocycles. The van der Waals surface area contributed by atoms with Crippen LogP contribution in [0.25, 0.3) is 0 Å². The number of hydrogen-bond donors (Lipinski definition) is 1. The first-order valence-electron chi connectivity index (χ1n) is 2.66. The van der Waals surface area contributed by atoms with E-state index in [9.17, 15) is 0 Å². The third-order valence-electron chi connectivity index (χ3n) is 0.980. The molecule has 0 radical (unpaired) electrons. The highest BCUT2D eigenvalue weighted by Crippen LogP contribution is 2.07. The van der Waals surface area contributed by atoms with Gasteiger partial charge in [0.2, 0.25) is 11.6 Å². The summed E-state index contributed by atoms with van der Waals surface area (Å²) >= 11 is 0. The minimum atomic E-state index is -0.303. The lowest BCUT2D eigenvalue weighted by Crippen LogP contribution is -1.88. The van der Waals surface area contributed by atoms with Crippen LogP contribution < -0.4 is 0 Å². The van der Waals surface area contributed by atoms with E-state index in [1.54, 1.807) is 13.0 Å². The zero-order chi connectivity index (χ0) is 7.56. The Morgan fingerprint density at radius 3 is 2.90 bits per heavy atom. The van der Waals surface area contributed by atoms with E-state index in [1.807, 2.05) is 0 Å². The molecule has 1 aromatic heterocycles. The second-order valence-corrected chi connectivity index (χ2v) is 1.80. The molecule has 0 amide bonds. The molecule has 0 atom stereocenters. The SMILES string of the molecule is Cc1cnc(C#N)c(O)n1. The lowest BCUT2D eigenvalue weighted by Gasteiger charge is -1.92. The predicted molar refractivity (Wildman–Crippen MR) is 33.1 cm³/mol. The lowest BCUT2D eigenvalue weighted by atomic mass is 10.4. The average molecular weight is 135 g/mol. The smallest absolute Gasteiger partial charge is 0.248 e. The van der Waals surface area contributed by atoms with Crippen LogP contribution in [0.3, 0.4) is 0 Å². The highest BCUT2D eigenvalue weighted by molar-refractivity contribution is 5.29. The average Bonchev–Trinajstić information content (AvgIpc) is 1.88. The molecule has 0 saturated carbocycles. The van der Waals surface area contributed by atoms with Crippen LogP contribution in [0.2, 0.25) is 0 Å². The van der Waals surface area contributed by atoms with E-state index >= 15 is 0 Å². The Labute approximate surface area is 57.8 Å². The van der Waals surface area contributed by atoms with Crippen molar-refractivity contribution in [1.82, 2.24) is 9.97 Å². The zero-order valence-corrected chi connectivity index (χ0v) is 5.37. The number of rotatable bonds is 0. The van der Waals surface area contributed by atoms with Gasteiger partial charge in [-0.2, -0.15) is 5.26 Å². The summed E-state index contributed by atoms with van der Waals surface area (Å²) in [4.78, 5) is 7.24. The topological polar surface area (TPSA) is 69.8 Å². The Kier molecular flexibility index (Phi) is 1.50. The Morgan fingerprint density at radius 1 is 1.70 bits per heavy atom. The van der Waals surface area contributed by atoms with Gasteiger partial charge >= 0.3 is 0 Å². The van der Waals surface area contributed by atoms with E-state index in [4.69, 9.17) is 10.4 Å². The lowest BCUT2D eigenvalue weighted by molar-refractivity contribution is 0.446. The molecule has 4 heteroatoms. The number of nitrogens with zero attached hydrogens (tertiary/aromatic N) is 3. The molecular weight excluding hydrogens is 130 g/mol. The fourth-order valence-corrected chi connectivity index (χ4v) is 0.543. The van der Waals surface area contributed by atoms with Crippen molar-refractivity contribution >= 4 is 0 Å². The van der Waals surface area contributed by atoms with Gasteiger partial charge in [0.15, 0.2) is 0 Å². The monoisotopic (exact) mass is 135 g/mol. The third-order valence-corrected chi connectivity index (χ3v) is 0.980. The first-order valence-corrected chi connectivity index (χ1v) is 2.66. The van der Waals surface area contributed by atoms with E-state index < -0.39 is 0 Å². The third kappa shape index (κ3) is 1.03. The summed E-state index contributed by atoms with van der Waals surface area (Å²) in [5.41, 5.74) is 0.558. The summed E-state index contributed by atoms with van der Waals surface area (Å²) < 4.78 is 0. The highest BCUT2D eigenvalue weighted by atomic mass is 16.3. The van der Waals surface area contributed by atoms with Gasteiger partial charge in [0.25, 0.3) is 0 Å². The van der Waals surface area contributed by atoms with Crippen molar-refractivity contribution in [2.45, 2.75) is 6.92 Å². The van der Waals surface area contributed by atoms with Crippen molar-refractivity contribution in [3.8, 4) is 11.9 Å². The second kappa shape index (κ2) is 2.31. The molecule has 1 rings (SSSR count). The number of aryl methyl sites for hydroxylation is 1. The molecule has 0 aliphatic heterocycles. The maximum atomic E-state index is 8.90. The molecule has 0 unspecified atom stereocenters. The fraction of sp³-hybridized carbons (Fsp3) is 0.167. The van der Waals surface area contributed by atoms with Crippen LogP contribution in [0.1, 0.15) is 11.4 Å². The van der Waals surface area contributed by atoms with Gasteiger partial charge < -0.3 is 5.11 Å². The van der Waals surface area contributed by atoms with E-state index in [0.29, 0.717) is 5.69 Å². The largest absolute Gasteiger partial charge is 0.491 e. The first kappa shape index (κ1) is 6.49. The number of nitriles is 1. The maximum Gasteiger partial charge on any atom is 0.248 e. The van der Waals surface area contributed by atoms with E-state index in [2.05, 4.69) is 9.97 Å². The van der Waals surface area contributed by atoms with Gasteiger partial charge in [0.05, 0.1) is 5.69 Å². The van der Waals surface area contributed by atoms with Gasteiger partial charge in [-0.15, -0.1) is 0 Å². The van der Waals surface area contributed by atoms with Crippen LogP contribution in [-0.2, 0) is 0 Å². The summed E-state index contributed by atoms with van der Waals surface area (Å²) in [6, 6.07) is 1.70. The van der Waals surface area contributed by atoms with Gasteiger partial charge in [0.1, 0.15) is 6.07 Å². The summed E-state index contributed by atoms with van der Waals surface area (Å²) in [5, 5.41) is 17.2. The summed E-state index contributed by atoms with van der Waals surface area (Å²) in [5.74, 6) is -0.303. The minimum Gasteiger partial charge on any atom is -0.491 e.